The topological polar surface area (TPSA) is 132 Å². The summed E-state index contributed by atoms with van der Waals surface area (Å²) < 4.78 is 15.2. The predicted octanol–water partition coefficient (Wildman–Crippen LogP) is 2.26. The molecule has 2 rings (SSSR count). The normalized spacial score (nSPS) is 10.3. The first kappa shape index (κ1) is 21.8. The molecule has 0 bridgehead atoms. The number of rotatable bonds is 8. The van der Waals surface area contributed by atoms with E-state index in [-0.39, 0.29) is 41.5 Å². The number of esters is 2. The lowest BCUT2D eigenvalue weighted by Crippen LogP contribution is -2.22. The number of nitrogens with one attached hydrogen (secondary N) is 1. The zero-order valence-electron chi connectivity index (χ0n) is 16.2. The summed E-state index contributed by atoms with van der Waals surface area (Å²) in [6, 6.07) is 6.02. The Morgan fingerprint density at radius 3 is 2.24 bits per heavy atom. The minimum atomic E-state index is -0.814. The standard InChI is InChI=1S/C20H21NO8/c1-4-27-20(26)17-16(11(2)23)12(3)29-18(17)21-15(24)10-28-19(25)14-7-5-13(9-22)6-8-14/h5-8,22H,4,9-10H2,1-3H3,(H,21,24). The molecular formula is C20H21NO8. The number of ketones is 1. The van der Waals surface area contributed by atoms with Crippen LogP contribution in [-0.2, 0) is 20.9 Å². The van der Waals surface area contributed by atoms with Gasteiger partial charge >= 0.3 is 11.9 Å². The third kappa shape index (κ3) is 5.29. The van der Waals surface area contributed by atoms with E-state index in [9.17, 15) is 19.2 Å². The van der Waals surface area contributed by atoms with Gasteiger partial charge in [0.25, 0.3) is 5.91 Å². The Morgan fingerprint density at radius 1 is 1.03 bits per heavy atom. The van der Waals surface area contributed by atoms with E-state index in [2.05, 4.69) is 5.32 Å². The molecular weight excluding hydrogens is 382 g/mol. The number of furan rings is 1. The second kappa shape index (κ2) is 9.65. The third-order valence-electron chi connectivity index (χ3n) is 3.88. The van der Waals surface area contributed by atoms with Crippen molar-refractivity contribution in [1.29, 1.82) is 0 Å². The fraction of sp³-hybridized carbons (Fsp3) is 0.300. The number of aryl methyl sites for hydroxylation is 1. The Balaban J connectivity index is 2.09. The van der Waals surface area contributed by atoms with E-state index in [1.54, 1.807) is 19.1 Å². The van der Waals surface area contributed by atoms with Gasteiger partial charge in [-0.15, -0.1) is 0 Å². The van der Waals surface area contributed by atoms with Gasteiger partial charge in [-0.05, 0) is 38.5 Å². The van der Waals surface area contributed by atoms with Crippen molar-refractivity contribution in [2.75, 3.05) is 18.5 Å². The average molecular weight is 403 g/mol. The molecule has 0 spiro atoms. The van der Waals surface area contributed by atoms with Gasteiger partial charge in [-0.3, -0.25) is 14.9 Å². The number of anilines is 1. The number of benzene rings is 1. The van der Waals surface area contributed by atoms with Gasteiger partial charge in [0.1, 0.15) is 11.3 Å². The Labute approximate surface area is 166 Å². The minimum Gasteiger partial charge on any atom is -0.462 e. The minimum absolute atomic E-state index is 0.0136. The molecule has 154 valence electrons. The van der Waals surface area contributed by atoms with Crippen LogP contribution >= 0.6 is 0 Å². The monoisotopic (exact) mass is 403 g/mol. The maximum absolute atomic E-state index is 12.2. The summed E-state index contributed by atoms with van der Waals surface area (Å²) in [5.41, 5.74) is 0.658. The highest BCUT2D eigenvalue weighted by Crippen LogP contribution is 2.28. The molecule has 0 aliphatic heterocycles. The van der Waals surface area contributed by atoms with Crippen LogP contribution in [-0.4, -0.2) is 41.9 Å². The first-order chi connectivity index (χ1) is 13.8. The molecule has 0 aliphatic carbocycles. The van der Waals surface area contributed by atoms with Gasteiger partial charge in [0.05, 0.1) is 24.3 Å². The van der Waals surface area contributed by atoms with Crippen LogP contribution < -0.4 is 5.32 Å². The highest BCUT2D eigenvalue weighted by molar-refractivity contribution is 6.10. The summed E-state index contributed by atoms with van der Waals surface area (Å²) in [7, 11) is 0. The number of carbonyl (C=O) groups is 4. The summed E-state index contributed by atoms with van der Waals surface area (Å²) in [6.07, 6.45) is 0. The summed E-state index contributed by atoms with van der Waals surface area (Å²) in [5, 5.41) is 11.3. The van der Waals surface area contributed by atoms with Crippen molar-refractivity contribution in [3.63, 3.8) is 0 Å². The largest absolute Gasteiger partial charge is 0.462 e. The molecule has 0 unspecified atom stereocenters. The predicted molar refractivity (Wildman–Crippen MR) is 101 cm³/mol. The number of hydrogen-bond acceptors (Lipinski definition) is 8. The molecule has 9 nitrogen and oxygen atoms in total. The molecule has 0 fully saturated rings. The summed E-state index contributed by atoms with van der Waals surface area (Å²) in [6.45, 7) is 3.61. The number of amides is 1. The van der Waals surface area contributed by atoms with Crippen molar-refractivity contribution >= 4 is 29.5 Å². The first-order valence-electron chi connectivity index (χ1n) is 8.76. The van der Waals surface area contributed by atoms with Crippen molar-refractivity contribution in [3.05, 3.63) is 52.3 Å². The van der Waals surface area contributed by atoms with Crippen molar-refractivity contribution in [2.24, 2.45) is 0 Å². The molecule has 0 saturated heterocycles. The second-order valence-corrected chi connectivity index (χ2v) is 5.99. The van der Waals surface area contributed by atoms with Gasteiger partial charge < -0.3 is 19.0 Å². The van der Waals surface area contributed by atoms with E-state index in [4.69, 9.17) is 19.0 Å². The molecule has 9 heteroatoms. The lowest BCUT2D eigenvalue weighted by molar-refractivity contribution is -0.119. The molecule has 1 heterocycles. The van der Waals surface area contributed by atoms with Crippen LogP contribution in [0.2, 0.25) is 0 Å². The quantitative estimate of drug-likeness (QED) is 0.507. The van der Waals surface area contributed by atoms with Crippen molar-refractivity contribution in [3.8, 4) is 0 Å². The molecule has 0 radical (unpaired) electrons. The van der Waals surface area contributed by atoms with Crippen LogP contribution in [0.4, 0.5) is 5.88 Å². The van der Waals surface area contributed by atoms with Crippen LogP contribution in [0.15, 0.2) is 28.7 Å². The van der Waals surface area contributed by atoms with Crippen molar-refractivity contribution in [2.45, 2.75) is 27.4 Å². The molecule has 1 amide bonds. The lowest BCUT2D eigenvalue weighted by atomic mass is 10.1. The van der Waals surface area contributed by atoms with Gasteiger partial charge in [0.2, 0.25) is 5.88 Å². The maximum Gasteiger partial charge on any atom is 0.344 e. The van der Waals surface area contributed by atoms with Crippen LogP contribution in [0.1, 0.15) is 56.2 Å². The Kier molecular flexibility index (Phi) is 7.27. The zero-order chi connectivity index (χ0) is 21.6. The number of aliphatic hydroxyl groups is 1. The summed E-state index contributed by atoms with van der Waals surface area (Å²) in [4.78, 5) is 48.2. The van der Waals surface area contributed by atoms with Gasteiger partial charge in [-0.25, -0.2) is 9.59 Å². The number of aliphatic hydroxyl groups excluding tert-OH is 1. The fourth-order valence-electron chi connectivity index (χ4n) is 2.58. The van der Waals surface area contributed by atoms with Gasteiger partial charge in [0.15, 0.2) is 12.4 Å². The highest BCUT2D eigenvalue weighted by Gasteiger charge is 2.28. The Bertz CT molecular complexity index is 927. The van der Waals surface area contributed by atoms with Gasteiger partial charge in [0, 0.05) is 0 Å². The third-order valence-corrected chi connectivity index (χ3v) is 3.88. The molecule has 29 heavy (non-hydrogen) atoms. The Morgan fingerprint density at radius 2 is 1.69 bits per heavy atom. The molecule has 0 atom stereocenters. The first-order valence-corrected chi connectivity index (χ1v) is 8.76. The van der Waals surface area contributed by atoms with Crippen molar-refractivity contribution in [1.82, 2.24) is 0 Å². The van der Waals surface area contributed by atoms with Crippen LogP contribution in [0.25, 0.3) is 0 Å². The van der Waals surface area contributed by atoms with E-state index in [1.165, 1.54) is 26.0 Å². The fourth-order valence-corrected chi connectivity index (χ4v) is 2.58. The molecule has 1 aromatic carbocycles. The van der Waals surface area contributed by atoms with E-state index in [0.717, 1.165) is 0 Å². The van der Waals surface area contributed by atoms with Crippen LogP contribution in [0, 0.1) is 6.92 Å². The number of Topliss-reactive ketones (excluding diaryl/α,β-unsaturated/α-hetero) is 1. The smallest absolute Gasteiger partial charge is 0.344 e. The Hall–Kier alpha value is -3.46. The average Bonchev–Trinajstić information content (AvgIpc) is 3.02. The molecule has 2 N–H and O–H groups in total. The van der Waals surface area contributed by atoms with E-state index >= 15 is 0 Å². The summed E-state index contributed by atoms with van der Waals surface area (Å²) >= 11 is 0. The van der Waals surface area contributed by atoms with Crippen molar-refractivity contribution < 1.29 is 38.2 Å². The van der Waals surface area contributed by atoms with Gasteiger partial charge in [-0.2, -0.15) is 0 Å². The summed E-state index contributed by atoms with van der Waals surface area (Å²) in [5.74, 6) is -2.84. The van der Waals surface area contributed by atoms with Crippen LogP contribution in [0.3, 0.4) is 0 Å². The SMILES string of the molecule is CCOC(=O)c1c(NC(=O)COC(=O)c2ccc(CO)cc2)oc(C)c1C(C)=O. The van der Waals surface area contributed by atoms with E-state index in [0.29, 0.717) is 5.56 Å². The zero-order valence-corrected chi connectivity index (χ0v) is 16.2. The molecule has 1 aromatic heterocycles. The number of hydrogen-bond donors (Lipinski definition) is 2. The maximum atomic E-state index is 12.2. The van der Waals surface area contributed by atoms with Crippen LogP contribution in [0.5, 0.6) is 0 Å². The molecule has 0 saturated carbocycles. The lowest BCUT2D eigenvalue weighted by Gasteiger charge is -2.07. The van der Waals surface area contributed by atoms with Gasteiger partial charge in [-0.1, -0.05) is 12.1 Å². The molecule has 0 aliphatic rings. The second-order valence-electron chi connectivity index (χ2n) is 5.99. The van der Waals surface area contributed by atoms with E-state index in [1.807, 2.05) is 0 Å². The number of ether oxygens (including phenoxy) is 2. The van der Waals surface area contributed by atoms with E-state index < -0.39 is 30.2 Å². The molecule has 2 aromatic rings. The number of carbonyl (C=O) groups excluding carboxylic acids is 4. The highest BCUT2D eigenvalue weighted by atomic mass is 16.5.